The van der Waals surface area contributed by atoms with E-state index in [-0.39, 0.29) is 6.04 Å². The van der Waals surface area contributed by atoms with E-state index < -0.39 is 11.7 Å². The zero-order valence-electron chi connectivity index (χ0n) is 10.0. The minimum Gasteiger partial charge on any atom is -0.384 e. The van der Waals surface area contributed by atoms with E-state index >= 15 is 0 Å². The highest BCUT2D eigenvalue weighted by molar-refractivity contribution is 7.99. The Morgan fingerprint density at radius 1 is 1.28 bits per heavy atom. The van der Waals surface area contributed by atoms with E-state index in [0.29, 0.717) is 17.9 Å². The summed E-state index contributed by atoms with van der Waals surface area (Å²) in [6, 6.07) is 4.74. The lowest BCUT2D eigenvalue weighted by atomic mass is 10.1. The van der Waals surface area contributed by atoms with Crippen molar-refractivity contribution >= 4 is 11.8 Å². The Kier molecular flexibility index (Phi) is 5.98. The van der Waals surface area contributed by atoms with Crippen molar-refractivity contribution < 1.29 is 17.9 Å². The molecule has 1 aromatic carbocycles. The second kappa shape index (κ2) is 7.01. The minimum atomic E-state index is -4.30. The number of hydrogen-bond acceptors (Lipinski definition) is 3. The minimum absolute atomic E-state index is 0.255. The average Bonchev–Trinajstić information content (AvgIpc) is 2.33. The van der Waals surface area contributed by atoms with Crippen LogP contribution in [0.15, 0.2) is 24.3 Å². The van der Waals surface area contributed by atoms with E-state index in [0.717, 1.165) is 17.9 Å². The number of methoxy groups -OCH3 is 1. The summed E-state index contributed by atoms with van der Waals surface area (Å²) in [5.41, 5.74) is 5.96. The molecule has 0 saturated heterocycles. The Balaban J connectivity index is 2.51. The van der Waals surface area contributed by atoms with Crippen molar-refractivity contribution in [2.45, 2.75) is 12.2 Å². The van der Waals surface area contributed by atoms with E-state index in [1.165, 1.54) is 12.1 Å². The highest BCUT2D eigenvalue weighted by Gasteiger charge is 2.30. The smallest absolute Gasteiger partial charge is 0.384 e. The molecule has 0 aromatic heterocycles. The molecule has 2 N–H and O–H groups in total. The Labute approximate surface area is 109 Å². The highest BCUT2D eigenvalue weighted by Crippen LogP contribution is 2.30. The number of hydrogen-bond donors (Lipinski definition) is 1. The highest BCUT2D eigenvalue weighted by atomic mass is 32.2. The number of benzene rings is 1. The van der Waals surface area contributed by atoms with Crippen LogP contribution in [0.1, 0.15) is 17.2 Å². The van der Waals surface area contributed by atoms with Crippen molar-refractivity contribution in [2.75, 3.05) is 25.2 Å². The molecule has 102 valence electrons. The lowest BCUT2D eigenvalue weighted by Crippen LogP contribution is -2.14. The van der Waals surface area contributed by atoms with Crippen LogP contribution in [0.25, 0.3) is 0 Å². The van der Waals surface area contributed by atoms with Crippen LogP contribution in [0.3, 0.4) is 0 Å². The van der Waals surface area contributed by atoms with Crippen molar-refractivity contribution in [1.82, 2.24) is 0 Å². The molecular weight excluding hydrogens is 263 g/mol. The first-order chi connectivity index (χ1) is 8.45. The lowest BCUT2D eigenvalue weighted by molar-refractivity contribution is -0.137. The third-order valence-corrected chi connectivity index (χ3v) is 3.45. The largest absolute Gasteiger partial charge is 0.416 e. The fraction of sp³-hybridized carbons (Fsp3) is 0.500. The summed E-state index contributed by atoms with van der Waals surface area (Å²) < 4.78 is 42.0. The first kappa shape index (κ1) is 15.3. The fourth-order valence-corrected chi connectivity index (χ4v) is 2.27. The molecule has 18 heavy (non-hydrogen) atoms. The summed E-state index contributed by atoms with van der Waals surface area (Å²) in [5, 5.41) is 0. The van der Waals surface area contributed by atoms with Crippen molar-refractivity contribution in [3.05, 3.63) is 35.4 Å². The Morgan fingerprint density at radius 2 is 1.89 bits per heavy atom. The molecule has 0 saturated carbocycles. The summed E-state index contributed by atoms with van der Waals surface area (Å²) in [6.45, 7) is 0.643. The van der Waals surface area contributed by atoms with Crippen LogP contribution >= 0.6 is 11.8 Å². The topological polar surface area (TPSA) is 35.2 Å². The maximum atomic E-state index is 12.4. The van der Waals surface area contributed by atoms with Crippen molar-refractivity contribution in [1.29, 1.82) is 0 Å². The van der Waals surface area contributed by atoms with Crippen LogP contribution in [0.4, 0.5) is 13.2 Å². The van der Waals surface area contributed by atoms with Gasteiger partial charge >= 0.3 is 6.18 Å². The summed E-state index contributed by atoms with van der Waals surface area (Å²) in [4.78, 5) is 0. The van der Waals surface area contributed by atoms with Gasteiger partial charge in [0.25, 0.3) is 0 Å². The van der Waals surface area contributed by atoms with E-state index in [2.05, 4.69) is 0 Å². The first-order valence-corrected chi connectivity index (χ1v) is 6.60. The van der Waals surface area contributed by atoms with Crippen molar-refractivity contribution in [2.24, 2.45) is 5.73 Å². The lowest BCUT2D eigenvalue weighted by Gasteiger charge is -2.13. The number of rotatable bonds is 6. The first-order valence-electron chi connectivity index (χ1n) is 5.44. The van der Waals surface area contributed by atoms with Gasteiger partial charge in [0.15, 0.2) is 0 Å². The van der Waals surface area contributed by atoms with Gasteiger partial charge in [0.1, 0.15) is 0 Å². The molecule has 0 spiro atoms. The molecular formula is C12H16F3NOS. The predicted molar refractivity (Wildman–Crippen MR) is 67.6 cm³/mol. The second-order valence-electron chi connectivity index (χ2n) is 3.79. The van der Waals surface area contributed by atoms with Crippen LogP contribution in [-0.4, -0.2) is 25.2 Å². The maximum absolute atomic E-state index is 12.4. The molecule has 0 aliphatic carbocycles. The van der Waals surface area contributed by atoms with E-state index in [9.17, 15) is 13.2 Å². The number of thioether (sulfide) groups is 1. The molecule has 0 heterocycles. The molecule has 1 atom stereocenters. The van der Waals surface area contributed by atoms with Crippen LogP contribution < -0.4 is 5.73 Å². The maximum Gasteiger partial charge on any atom is 0.416 e. The quantitative estimate of drug-likeness (QED) is 0.813. The molecule has 1 unspecified atom stereocenters. The van der Waals surface area contributed by atoms with Gasteiger partial charge in [-0.3, -0.25) is 0 Å². The summed E-state index contributed by atoms with van der Waals surface area (Å²) in [5.74, 6) is 1.49. The summed E-state index contributed by atoms with van der Waals surface area (Å²) >= 11 is 1.62. The molecule has 0 radical (unpaired) electrons. The van der Waals surface area contributed by atoms with Gasteiger partial charge in [0.2, 0.25) is 0 Å². The van der Waals surface area contributed by atoms with Gasteiger partial charge in [-0.15, -0.1) is 0 Å². The van der Waals surface area contributed by atoms with Gasteiger partial charge in [-0.25, -0.2) is 0 Å². The van der Waals surface area contributed by atoms with Gasteiger partial charge in [-0.2, -0.15) is 24.9 Å². The van der Waals surface area contributed by atoms with Crippen molar-refractivity contribution in [3.8, 4) is 0 Å². The van der Waals surface area contributed by atoms with Gasteiger partial charge < -0.3 is 10.5 Å². The normalized spacial score (nSPS) is 13.6. The number of ether oxygens (including phenoxy) is 1. The predicted octanol–water partition coefficient (Wildman–Crippen LogP) is 3.08. The van der Waals surface area contributed by atoms with E-state index in [1.54, 1.807) is 18.9 Å². The molecule has 1 aromatic rings. The number of alkyl halides is 3. The third kappa shape index (κ3) is 4.88. The number of halogens is 3. The molecule has 1 rings (SSSR count). The van der Waals surface area contributed by atoms with Gasteiger partial charge in [-0.1, -0.05) is 12.1 Å². The molecule has 2 nitrogen and oxygen atoms in total. The third-order valence-electron chi connectivity index (χ3n) is 2.40. The fourth-order valence-electron chi connectivity index (χ4n) is 1.37. The zero-order valence-corrected chi connectivity index (χ0v) is 10.9. The standard InChI is InChI=1S/C12H16F3NOS/c1-17-6-7-18-8-11(16)9-2-4-10(5-3-9)12(13,14)15/h2-5,11H,6-8,16H2,1H3. The summed E-state index contributed by atoms with van der Waals surface area (Å²) in [6.07, 6.45) is -4.30. The zero-order chi connectivity index (χ0) is 13.6. The van der Waals surface area contributed by atoms with Crippen LogP contribution in [0.2, 0.25) is 0 Å². The molecule has 6 heteroatoms. The van der Waals surface area contributed by atoms with Gasteiger partial charge in [0.05, 0.1) is 12.2 Å². The number of nitrogens with two attached hydrogens (primary N) is 1. The Morgan fingerprint density at radius 3 is 2.39 bits per heavy atom. The van der Waals surface area contributed by atoms with Gasteiger partial charge in [-0.05, 0) is 17.7 Å². The Bertz CT molecular complexity index is 353. The van der Waals surface area contributed by atoms with Gasteiger partial charge in [0, 0.05) is 24.7 Å². The molecule has 0 aliphatic rings. The molecule has 0 fully saturated rings. The Hall–Kier alpha value is -0.720. The van der Waals surface area contributed by atoms with Crippen LogP contribution in [0.5, 0.6) is 0 Å². The monoisotopic (exact) mass is 279 g/mol. The summed E-state index contributed by atoms with van der Waals surface area (Å²) in [7, 11) is 1.62. The van der Waals surface area contributed by atoms with Crippen LogP contribution in [-0.2, 0) is 10.9 Å². The van der Waals surface area contributed by atoms with Crippen LogP contribution in [0, 0.1) is 0 Å². The van der Waals surface area contributed by atoms with E-state index in [1.807, 2.05) is 0 Å². The second-order valence-corrected chi connectivity index (χ2v) is 4.94. The average molecular weight is 279 g/mol. The van der Waals surface area contributed by atoms with E-state index in [4.69, 9.17) is 10.5 Å². The molecule has 0 amide bonds. The molecule has 0 bridgehead atoms. The molecule has 0 aliphatic heterocycles. The SMILES string of the molecule is COCCSCC(N)c1ccc(C(F)(F)F)cc1. The van der Waals surface area contributed by atoms with Crippen molar-refractivity contribution in [3.63, 3.8) is 0 Å².